The third-order valence-electron chi connectivity index (χ3n) is 4.58. The smallest absolute Gasteiger partial charge is 0.134 e. The molecule has 1 aliphatic heterocycles. The number of furan rings is 1. The molecule has 3 aromatic rings. The predicted octanol–water partition coefficient (Wildman–Crippen LogP) is 4.01. The lowest BCUT2D eigenvalue weighted by atomic mass is 10.1. The van der Waals surface area contributed by atoms with E-state index in [2.05, 4.69) is 22.0 Å². The molecule has 0 amide bonds. The maximum Gasteiger partial charge on any atom is 0.134 e. The summed E-state index contributed by atoms with van der Waals surface area (Å²) < 4.78 is 11.9. The minimum Gasteiger partial charge on any atom is -0.460 e. The van der Waals surface area contributed by atoms with E-state index in [-0.39, 0.29) is 0 Å². The minimum absolute atomic E-state index is 0.332. The third kappa shape index (κ3) is 3.66. The van der Waals surface area contributed by atoms with E-state index in [1.54, 1.807) is 0 Å². The topological polar surface area (TPSA) is 38.5 Å². The number of para-hydroxylation sites is 1. The van der Waals surface area contributed by atoms with E-state index in [4.69, 9.17) is 9.15 Å². The van der Waals surface area contributed by atoms with Crippen LogP contribution in [0.5, 0.6) is 0 Å². The van der Waals surface area contributed by atoms with Crippen LogP contribution < -0.4 is 0 Å². The molecule has 0 radical (unpaired) electrons. The quantitative estimate of drug-likeness (QED) is 0.711. The zero-order valence-electron chi connectivity index (χ0n) is 13.7. The van der Waals surface area contributed by atoms with E-state index >= 15 is 0 Å². The number of pyridine rings is 1. The minimum atomic E-state index is 0.332. The summed E-state index contributed by atoms with van der Waals surface area (Å²) in [5.74, 6) is 1.05. The molecular formula is C20H22N2O2. The summed E-state index contributed by atoms with van der Waals surface area (Å²) in [5, 5.41) is 1.18. The van der Waals surface area contributed by atoms with Gasteiger partial charge in [0, 0.05) is 24.7 Å². The van der Waals surface area contributed by atoms with Gasteiger partial charge in [-0.2, -0.15) is 0 Å². The predicted molar refractivity (Wildman–Crippen MR) is 93.5 cm³/mol. The summed E-state index contributed by atoms with van der Waals surface area (Å²) in [5.41, 5.74) is 1.98. The largest absolute Gasteiger partial charge is 0.460 e. The number of nitrogens with zero attached hydrogens (tertiary/aromatic N) is 2. The van der Waals surface area contributed by atoms with Gasteiger partial charge in [0.2, 0.25) is 0 Å². The van der Waals surface area contributed by atoms with Crippen molar-refractivity contribution in [3.8, 4) is 0 Å². The van der Waals surface area contributed by atoms with Gasteiger partial charge in [-0.15, -0.1) is 0 Å². The maximum atomic E-state index is 6.00. The molecule has 1 aliphatic rings. The number of fused-ring (bicyclic) bond motifs is 1. The van der Waals surface area contributed by atoms with Crippen LogP contribution in [0.15, 0.2) is 59.1 Å². The van der Waals surface area contributed by atoms with Gasteiger partial charge in [0.05, 0.1) is 24.9 Å². The molecule has 0 unspecified atom stereocenters. The summed E-state index contributed by atoms with van der Waals surface area (Å²) in [6, 6.07) is 16.3. The van der Waals surface area contributed by atoms with Gasteiger partial charge in [0.1, 0.15) is 11.3 Å². The number of ether oxygens (including phenoxy) is 1. The van der Waals surface area contributed by atoms with Crippen LogP contribution in [-0.4, -0.2) is 29.1 Å². The summed E-state index contributed by atoms with van der Waals surface area (Å²) in [7, 11) is 0. The zero-order valence-corrected chi connectivity index (χ0v) is 13.7. The van der Waals surface area contributed by atoms with Crippen molar-refractivity contribution in [1.29, 1.82) is 0 Å². The van der Waals surface area contributed by atoms with Gasteiger partial charge in [-0.25, -0.2) is 0 Å². The Morgan fingerprint density at radius 2 is 1.92 bits per heavy atom. The Kier molecular flexibility index (Phi) is 4.58. The first-order valence-corrected chi connectivity index (χ1v) is 8.58. The molecule has 2 aromatic heterocycles. The molecule has 4 heteroatoms. The molecule has 4 nitrogen and oxygen atoms in total. The highest BCUT2D eigenvalue weighted by Gasteiger charge is 2.20. The van der Waals surface area contributed by atoms with Crippen molar-refractivity contribution < 1.29 is 9.15 Å². The van der Waals surface area contributed by atoms with Crippen molar-refractivity contribution in [3.05, 3.63) is 66.2 Å². The second-order valence-electron chi connectivity index (χ2n) is 6.36. The van der Waals surface area contributed by atoms with Gasteiger partial charge in [-0.3, -0.25) is 9.88 Å². The number of rotatable bonds is 5. The second-order valence-corrected chi connectivity index (χ2v) is 6.36. The molecule has 0 aliphatic carbocycles. The monoisotopic (exact) mass is 322 g/mol. The Morgan fingerprint density at radius 1 is 1.08 bits per heavy atom. The second kappa shape index (κ2) is 7.16. The van der Waals surface area contributed by atoms with Crippen LogP contribution in [0.2, 0.25) is 0 Å². The van der Waals surface area contributed by atoms with Crippen molar-refractivity contribution in [1.82, 2.24) is 9.88 Å². The molecule has 0 spiro atoms. The fourth-order valence-corrected chi connectivity index (χ4v) is 3.26. The molecule has 0 bridgehead atoms. The van der Waals surface area contributed by atoms with Crippen LogP contribution in [0.25, 0.3) is 11.0 Å². The fourth-order valence-electron chi connectivity index (χ4n) is 3.26. The molecule has 1 saturated heterocycles. The molecule has 0 atom stereocenters. The first kappa shape index (κ1) is 15.4. The number of benzene rings is 1. The number of likely N-dealkylation sites (tertiary alicyclic amines) is 1. The Bertz CT molecular complexity index is 743. The van der Waals surface area contributed by atoms with E-state index < -0.39 is 0 Å². The summed E-state index contributed by atoms with van der Waals surface area (Å²) in [6.07, 6.45) is 4.27. The molecular weight excluding hydrogens is 300 g/mol. The van der Waals surface area contributed by atoms with Crippen LogP contribution in [0.1, 0.15) is 24.3 Å². The average molecular weight is 322 g/mol. The standard InChI is InChI=1S/C20H22N2O2/c1-2-7-20-16(5-1)13-19(24-20)14-22-11-8-18(9-12-22)23-15-17-6-3-4-10-21-17/h1-7,10,13,18H,8-9,11-12,14-15H2. The lowest BCUT2D eigenvalue weighted by Gasteiger charge is -2.31. The lowest BCUT2D eigenvalue weighted by molar-refractivity contribution is -0.00618. The third-order valence-corrected chi connectivity index (χ3v) is 4.58. The van der Waals surface area contributed by atoms with Crippen LogP contribution >= 0.6 is 0 Å². The Balaban J connectivity index is 1.27. The Hall–Kier alpha value is -2.17. The molecule has 24 heavy (non-hydrogen) atoms. The summed E-state index contributed by atoms with van der Waals surface area (Å²) in [4.78, 5) is 6.75. The Labute approximate surface area is 142 Å². The van der Waals surface area contributed by atoms with Crippen molar-refractivity contribution >= 4 is 11.0 Å². The van der Waals surface area contributed by atoms with Gasteiger partial charge in [0.25, 0.3) is 0 Å². The van der Waals surface area contributed by atoms with E-state index in [9.17, 15) is 0 Å². The van der Waals surface area contributed by atoms with Crippen LogP contribution in [0.4, 0.5) is 0 Å². The summed E-state index contributed by atoms with van der Waals surface area (Å²) >= 11 is 0. The average Bonchev–Trinajstić information content (AvgIpc) is 3.04. The van der Waals surface area contributed by atoms with Gasteiger partial charge in [0.15, 0.2) is 0 Å². The molecule has 1 fully saturated rings. The highest BCUT2D eigenvalue weighted by atomic mass is 16.5. The highest BCUT2D eigenvalue weighted by Crippen LogP contribution is 2.22. The van der Waals surface area contributed by atoms with Crippen molar-refractivity contribution in [2.45, 2.75) is 32.1 Å². The molecule has 124 valence electrons. The van der Waals surface area contributed by atoms with Crippen molar-refractivity contribution in [2.75, 3.05) is 13.1 Å². The molecule has 1 aromatic carbocycles. The molecule has 0 saturated carbocycles. The van der Waals surface area contributed by atoms with E-state index in [1.807, 2.05) is 42.6 Å². The number of piperidine rings is 1. The summed E-state index contributed by atoms with van der Waals surface area (Å²) in [6.45, 7) is 3.57. The normalized spacial score (nSPS) is 16.7. The molecule has 3 heterocycles. The van der Waals surface area contributed by atoms with E-state index in [1.165, 1.54) is 5.39 Å². The van der Waals surface area contributed by atoms with Gasteiger partial charge < -0.3 is 9.15 Å². The molecule has 0 N–H and O–H groups in total. The van der Waals surface area contributed by atoms with Gasteiger partial charge in [-0.1, -0.05) is 24.3 Å². The van der Waals surface area contributed by atoms with Crippen LogP contribution in [-0.2, 0) is 17.9 Å². The number of aromatic nitrogens is 1. The molecule has 4 rings (SSSR count). The van der Waals surface area contributed by atoms with Crippen molar-refractivity contribution in [2.24, 2.45) is 0 Å². The lowest BCUT2D eigenvalue weighted by Crippen LogP contribution is -2.36. The first-order valence-electron chi connectivity index (χ1n) is 8.58. The van der Waals surface area contributed by atoms with Crippen LogP contribution in [0.3, 0.4) is 0 Å². The fraction of sp³-hybridized carbons (Fsp3) is 0.350. The van der Waals surface area contributed by atoms with E-state index in [0.29, 0.717) is 12.7 Å². The Morgan fingerprint density at radius 3 is 2.71 bits per heavy atom. The zero-order chi connectivity index (χ0) is 16.2. The highest BCUT2D eigenvalue weighted by molar-refractivity contribution is 5.77. The van der Waals surface area contributed by atoms with Crippen molar-refractivity contribution in [3.63, 3.8) is 0 Å². The number of hydrogen-bond donors (Lipinski definition) is 0. The van der Waals surface area contributed by atoms with Gasteiger partial charge >= 0.3 is 0 Å². The number of hydrogen-bond acceptors (Lipinski definition) is 4. The SMILES string of the molecule is c1ccc(COC2CCN(Cc3cc4ccccc4o3)CC2)nc1. The maximum absolute atomic E-state index is 6.00. The van der Waals surface area contributed by atoms with Gasteiger partial charge in [-0.05, 0) is 37.1 Å². The van der Waals surface area contributed by atoms with Crippen LogP contribution in [0, 0.1) is 0 Å². The first-order chi connectivity index (χ1) is 11.9. The van der Waals surface area contributed by atoms with E-state index in [0.717, 1.165) is 49.5 Å².